The van der Waals surface area contributed by atoms with E-state index in [4.69, 9.17) is 0 Å². The lowest BCUT2D eigenvalue weighted by Crippen LogP contribution is -2.41. The minimum Gasteiger partial charge on any atom is -0.318 e. The first-order valence-corrected chi connectivity index (χ1v) is 8.17. The smallest absolute Gasteiger partial charge is 0.0472 e. The molecule has 0 spiro atoms. The van der Waals surface area contributed by atoms with Crippen molar-refractivity contribution in [2.24, 2.45) is 5.92 Å². The number of benzene rings is 1. The van der Waals surface area contributed by atoms with Crippen LogP contribution in [-0.2, 0) is 0 Å². The monoisotopic (exact) mass is 274 g/mol. The zero-order chi connectivity index (χ0) is 14.4. The summed E-state index contributed by atoms with van der Waals surface area (Å²) in [4.78, 5) is 2.61. The molecule has 0 amide bonds. The van der Waals surface area contributed by atoms with E-state index < -0.39 is 0 Å². The van der Waals surface area contributed by atoms with E-state index in [0.717, 1.165) is 18.5 Å². The van der Waals surface area contributed by atoms with Crippen molar-refractivity contribution >= 4 is 0 Å². The molecular formula is C18H30N2. The van der Waals surface area contributed by atoms with Crippen molar-refractivity contribution in [1.82, 2.24) is 10.2 Å². The molecule has 1 unspecified atom stereocenters. The molecule has 0 aromatic heterocycles. The summed E-state index contributed by atoms with van der Waals surface area (Å²) in [5.74, 6) is 0.971. The molecule has 20 heavy (non-hydrogen) atoms. The van der Waals surface area contributed by atoms with Crippen LogP contribution >= 0.6 is 0 Å². The van der Waals surface area contributed by atoms with Crippen molar-refractivity contribution in [3.05, 3.63) is 35.9 Å². The van der Waals surface area contributed by atoms with Crippen LogP contribution in [0.3, 0.4) is 0 Å². The van der Waals surface area contributed by atoms with Crippen LogP contribution in [-0.4, -0.2) is 31.6 Å². The molecule has 0 radical (unpaired) electrons. The molecule has 1 aliphatic carbocycles. The summed E-state index contributed by atoms with van der Waals surface area (Å²) in [6.45, 7) is 3.36. The van der Waals surface area contributed by atoms with Gasteiger partial charge in [0.1, 0.15) is 0 Å². The maximum atomic E-state index is 3.36. The van der Waals surface area contributed by atoms with Gasteiger partial charge in [-0.25, -0.2) is 0 Å². The Labute approximate surface area is 124 Å². The van der Waals surface area contributed by atoms with Crippen molar-refractivity contribution in [1.29, 1.82) is 0 Å². The van der Waals surface area contributed by atoms with Crippen LogP contribution in [0, 0.1) is 5.92 Å². The molecule has 0 bridgehead atoms. The lowest BCUT2D eigenvalue weighted by atomic mass is 9.83. The Bertz CT molecular complexity index is 368. The van der Waals surface area contributed by atoms with Gasteiger partial charge in [0.15, 0.2) is 0 Å². The van der Waals surface area contributed by atoms with E-state index in [9.17, 15) is 0 Å². The molecule has 1 N–H and O–H groups in total. The number of hydrogen-bond acceptors (Lipinski definition) is 2. The van der Waals surface area contributed by atoms with Gasteiger partial charge in [0.05, 0.1) is 0 Å². The first kappa shape index (κ1) is 15.5. The minimum absolute atomic E-state index is 0.490. The molecule has 1 fully saturated rings. The highest BCUT2D eigenvalue weighted by atomic mass is 15.2. The Balaban J connectivity index is 2.02. The zero-order valence-corrected chi connectivity index (χ0v) is 13.3. The second-order valence-electron chi connectivity index (χ2n) is 6.23. The van der Waals surface area contributed by atoms with Gasteiger partial charge < -0.3 is 5.32 Å². The second kappa shape index (κ2) is 7.80. The molecule has 1 saturated carbocycles. The van der Waals surface area contributed by atoms with Gasteiger partial charge in [-0.05, 0) is 51.3 Å². The number of nitrogens with zero attached hydrogens (tertiary/aromatic N) is 1. The highest BCUT2D eigenvalue weighted by Gasteiger charge is 2.27. The van der Waals surface area contributed by atoms with E-state index in [0.29, 0.717) is 6.04 Å². The SMILES string of the molecule is CCC1CCC(N(C)C(CNC)c2ccccc2)CC1. The number of likely N-dealkylation sites (N-methyl/N-ethyl adjacent to an activating group) is 2. The van der Waals surface area contributed by atoms with E-state index in [1.165, 1.54) is 37.7 Å². The van der Waals surface area contributed by atoms with Crippen molar-refractivity contribution in [3.63, 3.8) is 0 Å². The van der Waals surface area contributed by atoms with Gasteiger partial charge in [-0.15, -0.1) is 0 Å². The highest BCUT2D eigenvalue weighted by Crippen LogP contribution is 2.32. The third-order valence-corrected chi connectivity index (χ3v) is 5.04. The van der Waals surface area contributed by atoms with Gasteiger partial charge >= 0.3 is 0 Å². The Hall–Kier alpha value is -0.860. The number of rotatable bonds is 6. The fourth-order valence-electron chi connectivity index (χ4n) is 3.58. The fraction of sp³-hybridized carbons (Fsp3) is 0.667. The van der Waals surface area contributed by atoms with Gasteiger partial charge in [0.25, 0.3) is 0 Å². The Morgan fingerprint density at radius 2 is 1.80 bits per heavy atom. The Morgan fingerprint density at radius 1 is 1.15 bits per heavy atom. The molecule has 0 aliphatic heterocycles. The lowest BCUT2D eigenvalue weighted by molar-refractivity contribution is 0.118. The van der Waals surface area contributed by atoms with Crippen LogP contribution in [0.2, 0.25) is 0 Å². The summed E-state index contributed by atoms with van der Waals surface area (Å²) in [5, 5.41) is 3.36. The highest BCUT2D eigenvalue weighted by molar-refractivity contribution is 5.19. The van der Waals surface area contributed by atoms with Crippen LogP contribution in [0.15, 0.2) is 30.3 Å². The van der Waals surface area contributed by atoms with Gasteiger partial charge in [-0.3, -0.25) is 4.90 Å². The van der Waals surface area contributed by atoms with Crippen LogP contribution in [0.25, 0.3) is 0 Å². The maximum absolute atomic E-state index is 3.36. The molecule has 2 nitrogen and oxygen atoms in total. The van der Waals surface area contributed by atoms with E-state index in [1.54, 1.807) is 0 Å². The van der Waals surface area contributed by atoms with Gasteiger partial charge in [-0.1, -0.05) is 43.7 Å². The largest absolute Gasteiger partial charge is 0.318 e. The van der Waals surface area contributed by atoms with Crippen molar-refractivity contribution in [2.45, 2.75) is 51.1 Å². The molecule has 0 saturated heterocycles. The van der Waals surface area contributed by atoms with E-state index in [-0.39, 0.29) is 0 Å². The van der Waals surface area contributed by atoms with Crippen molar-refractivity contribution < 1.29 is 0 Å². The topological polar surface area (TPSA) is 15.3 Å². The van der Waals surface area contributed by atoms with E-state index in [1.807, 2.05) is 0 Å². The summed E-state index contributed by atoms with van der Waals surface area (Å²) >= 11 is 0. The minimum atomic E-state index is 0.490. The first-order valence-electron chi connectivity index (χ1n) is 8.17. The van der Waals surface area contributed by atoms with Crippen LogP contribution < -0.4 is 5.32 Å². The maximum Gasteiger partial charge on any atom is 0.0472 e. The molecule has 0 heterocycles. The zero-order valence-electron chi connectivity index (χ0n) is 13.3. The predicted octanol–water partition coefficient (Wildman–Crippen LogP) is 3.85. The summed E-state index contributed by atoms with van der Waals surface area (Å²) in [6, 6.07) is 12.2. The number of nitrogens with one attached hydrogen (secondary N) is 1. The quantitative estimate of drug-likeness (QED) is 0.847. The molecule has 2 heteroatoms. The third-order valence-electron chi connectivity index (χ3n) is 5.04. The van der Waals surface area contributed by atoms with Crippen LogP contribution in [0.5, 0.6) is 0 Å². The van der Waals surface area contributed by atoms with Crippen molar-refractivity contribution in [3.8, 4) is 0 Å². The molecule has 2 rings (SSSR count). The van der Waals surface area contributed by atoms with Crippen LogP contribution in [0.1, 0.15) is 50.6 Å². The van der Waals surface area contributed by atoms with Crippen LogP contribution in [0.4, 0.5) is 0 Å². The molecule has 112 valence electrons. The Morgan fingerprint density at radius 3 is 2.35 bits per heavy atom. The molecule has 1 aromatic carbocycles. The molecule has 1 atom stereocenters. The standard InChI is InChI=1S/C18H30N2/c1-4-15-10-12-17(13-11-15)20(3)18(14-19-2)16-8-6-5-7-9-16/h5-9,15,17-19H,4,10-14H2,1-3H3. The average Bonchev–Trinajstić information content (AvgIpc) is 2.53. The van der Waals surface area contributed by atoms with Gasteiger partial charge in [0, 0.05) is 18.6 Å². The predicted molar refractivity (Wildman–Crippen MR) is 86.9 cm³/mol. The Kier molecular flexibility index (Phi) is 6.06. The fourth-order valence-corrected chi connectivity index (χ4v) is 3.58. The lowest BCUT2D eigenvalue weighted by Gasteiger charge is -2.39. The molecule has 1 aliphatic rings. The average molecular weight is 274 g/mol. The summed E-state index contributed by atoms with van der Waals surface area (Å²) in [6.07, 6.45) is 6.90. The van der Waals surface area contributed by atoms with E-state index in [2.05, 4.69) is 61.6 Å². The summed E-state index contributed by atoms with van der Waals surface area (Å²) in [7, 11) is 4.36. The summed E-state index contributed by atoms with van der Waals surface area (Å²) < 4.78 is 0. The molecule has 1 aromatic rings. The van der Waals surface area contributed by atoms with E-state index >= 15 is 0 Å². The van der Waals surface area contributed by atoms with Gasteiger partial charge in [-0.2, -0.15) is 0 Å². The summed E-state index contributed by atoms with van der Waals surface area (Å²) in [5.41, 5.74) is 1.43. The molecular weight excluding hydrogens is 244 g/mol. The second-order valence-corrected chi connectivity index (χ2v) is 6.23. The van der Waals surface area contributed by atoms with Gasteiger partial charge in [0.2, 0.25) is 0 Å². The third kappa shape index (κ3) is 3.83. The normalized spacial score (nSPS) is 24.8. The number of hydrogen-bond donors (Lipinski definition) is 1. The first-order chi connectivity index (χ1) is 9.76. The van der Waals surface area contributed by atoms with Crippen molar-refractivity contribution in [2.75, 3.05) is 20.6 Å².